The number of nitrogens with one attached hydrogen (secondary N) is 2. The Balaban J connectivity index is 1.49. The van der Waals surface area contributed by atoms with E-state index in [1.807, 2.05) is 24.3 Å². The fourth-order valence-electron chi connectivity index (χ4n) is 4.87. The number of methoxy groups -OCH3 is 2. The third-order valence-corrected chi connectivity index (χ3v) is 7.82. The summed E-state index contributed by atoms with van der Waals surface area (Å²) in [6.45, 7) is 0. The van der Waals surface area contributed by atoms with Crippen LogP contribution in [0.2, 0.25) is 0 Å². The maximum Gasteiger partial charge on any atom is 0.261 e. The summed E-state index contributed by atoms with van der Waals surface area (Å²) in [5, 5.41) is 3.65. The van der Waals surface area contributed by atoms with Gasteiger partial charge >= 0.3 is 0 Å². The highest BCUT2D eigenvalue weighted by Gasteiger charge is 2.39. The maximum absolute atomic E-state index is 13.1. The summed E-state index contributed by atoms with van der Waals surface area (Å²) >= 11 is 0. The fraction of sp³-hybridized carbons (Fsp3) is 0.231. The minimum atomic E-state index is -3.75. The van der Waals surface area contributed by atoms with E-state index in [0.29, 0.717) is 11.4 Å². The topological polar surface area (TPSA) is 76.7 Å². The zero-order valence-corrected chi connectivity index (χ0v) is 19.3. The van der Waals surface area contributed by atoms with E-state index in [1.54, 1.807) is 50.6 Å². The third kappa shape index (κ3) is 3.93. The van der Waals surface area contributed by atoms with Crippen LogP contribution in [0.5, 0.6) is 11.5 Å². The van der Waals surface area contributed by atoms with E-state index >= 15 is 0 Å². The number of hydrogen-bond donors (Lipinski definition) is 2. The van der Waals surface area contributed by atoms with Gasteiger partial charge in [-0.25, -0.2) is 8.42 Å². The fourth-order valence-corrected chi connectivity index (χ4v) is 5.96. The molecule has 3 aromatic rings. The molecule has 3 atom stereocenters. The number of para-hydroxylation sites is 1. The van der Waals surface area contributed by atoms with E-state index in [2.05, 4.69) is 28.3 Å². The Labute approximate surface area is 194 Å². The predicted octanol–water partition coefficient (Wildman–Crippen LogP) is 5.33. The van der Waals surface area contributed by atoms with Crippen molar-refractivity contribution < 1.29 is 17.9 Å². The highest BCUT2D eigenvalue weighted by atomic mass is 32.2. The van der Waals surface area contributed by atoms with Crippen LogP contribution in [-0.2, 0) is 10.0 Å². The van der Waals surface area contributed by atoms with Crippen LogP contribution in [0.4, 0.5) is 11.4 Å². The molecule has 0 saturated carbocycles. The minimum Gasteiger partial charge on any atom is -0.497 e. The van der Waals surface area contributed by atoms with Crippen molar-refractivity contribution in [2.24, 2.45) is 5.92 Å². The molecule has 3 aromatic carbocycles. The zero-order chi connectivity index (χ0) is 23.0. The molecule has 6 nitrogen and oxygen atoms in total. The van der Waals surface area contributed by atoms with Crippen LogP contribution in [0, 0.1) is 5.92 Å². The second-order valence-electron chi connectivity index (χ2n) is 8.30. The van der Waals surface area contributed by atoms with Crippen molar-refractivity contribution in [1.82, 2.24) is 0 Å². The first-order chi connectivity index (χ1) is 16.0. The Hall–Kier alpha value is -3.45. The molecule has 170 valence electrons. The molecular formula is C26H26N2O4S. The molecule has 0 unspecified atom stereocenters. The SMILES string of the molecule is COc1cccc(NS(=O)(=O)c2ccc3c(c2)[C@H]2C=CC[C@H]2[C@@H](c2ccccc2OC)N3)c1. The molecule has 1 aliphatic carbocycles. The minimum absolute atomic E-state index is 0.0750. The lowest BCUT2D eigenvalue weighted by Gasteiger charge is -2.38. The van der Waals surface area contributed by atoms with Crippen molar-refractivity contribution in [2.45, 2.75) is 23.3 Å². The highest BCUT2D eigenvalue weighted by Crippen LogP contribution is 2.51. The summed E-state index contributed by atoms with van der Waals surface area (Å²) in [5.74, 6) is 1.85. The lowest BCUT2D eigenvalue weighted by Crippen LogP contribution is -2.29. The van der Waals surface area contributed by atoms with E-state index in [0.717, 1.165) is 29.0 Å². The summed E-state index contributed by atoms with van der Waals surface area (Å²) in [6, 6.07) is 20.3. The van der Waals surface area contributed by atoms with Crippen LogP contribution >= 0.6 is 0 Å². The van der Waals surface area contributed by atoms with Gasteiger partial charge in [0.1, 0.15) is 11.5 Å². The normalized spacial score (nSPS) is 21.0. The van der Waals surface area contributed by atoms with Crippen molar-refractivity contribution >= 4 is 21.4 Å². The van der Waals surface area contributed by atoms with Gasteiger partial charge in [0, 0.05) is 23.2 Å². The Morgan fingerprint density at radius 3 is 2.61 bits per heavy atom. The largest absolute Gasteiger partial charge is 0.497 e. The van der Waals surface area contributed by atoms with Gasteiger partial charge in [-0.3, -0.25) is 4.72 Å². The van der Waals surface area contributed by atoms with E-state index in [1.165, 1.54) is 0 Å². The first-order valence-corrected chi connectivity index (χ1v) is 12.4. The number of rotatable bonds is 6. The second kappa shape index (κ2) is 8.48. The van der Waals surface area contributed by atoms with Gasteiger partial charge in [-0.15, -0.1) is 0 Å². The van der Waals surface area contributed by atoms with Crippen molar-refractivity contribution in [2.75, 3.05) is 24.3 Å². The van der Waals surface area contributed by atoms with E-state index < -0.39 is 10.0 Å². The Bertz CT molecular complexity index is 1320. The van der Waals surface area contributed by atoms with Gasteiger partial charge in [-0.05, 0) is 54.3 Å². The molecule has 1 heterocycles. The van der Waals surface area contributed by atoms with Crippen LogP contribution in [0.3, 0.4) is 0 Å². The smallest absolute Gasteiger partial charge is 0.261 e. The molecule has 2 aliphatic rings. The monoisotopic (exact) mass is 462 g/mol. The molecule has 0 bridgehead atoms. The van der Waals surface area contributed by atoms with E-state index in [4.69, 9.17) is 9.47 Å². The molecular weight excluding hydrogens is 436 g/mol. The second-order valence-corrected chi connectivity index (χ2v) is 9.99. The molecule has 0 saturated heterocycles. The van der Waals surface area contributed by atoms with Crippen molar-refractivity contribution in [1.29, 1.82) is 0 Å². The summed E-state index contributed by atoms with van der Waals surface area (Å²) in [4.78, 5) is 0.237. The van der Waals surface area contributed by atoms with Gasteiger partial charge in [0.2, 0.25) is 0 Å². The van der Waals surface area contributed by atoms with Crippen molar-refractivity contribution in [3.05, 3.63) is 90.0 Å². The lowest BCUT2D eigenvalue weighted by molar-refractivity contribution is 0.381. The van der Waals surface area contributed by atoms with Gasteiger partial charge < -0.3 is 14.8 Å². The highest BCUT2D eigenvalue weighted by molar-refractivity contribution is 7.92. The van der Waals surface area contributed by atoms with Crippen LogP contribution in [-0.4, -0.2) is 22.6 Å². The van der Waals surface area contributed by atoms with Crippen LogP contribution in [0.1, 0.15) is 29.5 Å². The molecule has 0 aromatic heterocycles. The first-order valence-electron chi connectivity index (χ1n) is 10.9. The Morgan fingerprint density at radius 2 is 1.79 bits per heavy atom. The molecule has 1 aliphatic heterocycles. The number of sulfonamides is 1. The van der Waals surface area contributed by atoms with Gasteiger partial charge in [0.05, 0.1) is 30.8 Å². The van der Waals surface area contributed by atoms with Crippen LogP contribution < -0.4 is 19.5 Å². The van der Waals surface area contributed by atoms with Crippen molar-refractivity contribution in [3.8, 4) is 11.5 Å². The standard InChI is InChI=1S/C26H26N2O4S/c1-31-18-8-5-7-17(15-18)28-33(29,30)19-13-14-24-23(16-19)20-10-6-11-21(20)26(27-24)22-9-3-4-12-25(22)32-2/h3-10,12-16,20-21,26-28H,11H2,1-2H3/t20-,21+,26-/m0/s1. The predicted molar refractivity (Wildman–Crippen MR) is 130 cm³/mol. The van der Waals surface area contributed by atoms with Gasteiger partial charge in [0.25, 0.3) is 10.0 Å². The molecule has 7 heteroatoms. The lowest BCUT2D eigenvalue weighted by atomic mass is 9.77. The number of fused-ring (bicyclic) bond motifs is 3. The molecule has 0 fully saturated rings. The van der Waals surface area contributed by atoms with Gasteiger partial charge in [-0.2, -0.15) is 0 Å². The Morgan fingerprint density at radius 1 is 0.939 bits per heavy atom. The number of benzene rings is 3. The van der Waals surface area contributed by atoms with Gasteiger partial charge in [0.15, 0.2) is 0 Å². The van der Waals surface area contributed by atoms with Gasteiger partial charge in [-0.1, -0.05) is 36.4 Å². The average molecular weight is 463 g/mol. The number of allylic oxidation sites excluding steroid dienone is 2. The number of hydrogen-bond acceptors (Lipinski definition) is 5. The summed E-state index contributed by atoms with van der Waals surface area (Å²) in [6.07, 6.45) is 5.29. The molecule has 33 heavy (non-hydrogen) atoms. The van der Waals surface area contributed by atoms with E-state index in [9.17, 15) is 8.42 Å². The molecule has 5 rings (SSSR count). The number of ether oxygens (including phenoxy) is 2. The maximum atomic E-state index is 13.1. The Kier molecular flexibility index (Phi) is 5.50. The van der Waals surface area contributed by atoms with Crippen molar-refractivity contribution in [3.63, 3.8) is 0 Å². The summed E-state index contributed by atoms with van der Waals surface area (Å²) in [7, 11) is -0.518. The molecule has 0 radical (unpaired) electrons. The number of anilines is 2. The first kappa shape index (κ1) is 21.4. The average Bonchev–Trinajstić information content (AvgIpc) is 3.33. The quantitative estimate of drug-likeness (QED) is 0.484. The van der Waals surface area contributed by atoms with Crippen LogP contribution in [0.25, 0.3) is 0 Å². The third-order valence-electron chi connectivity index (χ3n) is 6.44. The van der Waals surface area contributed by atoms with E-state index in [-0.39, 0.29) is 22.8 Å². The van der Waals surface area contributed by atoms with Crippen LogP contribution in [0.15, 0.2) is 83.8 Å². The molecule has 0 amide bonds. The zero-order valence-electron chi connectivity index (χ0n) is 18.5. The summed E-state index contributed by atoms with van der Waals surface area (Å²) in [5.41, 5.74) is 3.51. The molecule has 2 N–H and O–H groups in total. The summed E-state index contributed by atoms with van der Waals surface area (Å²) < 4.78 is 39.8. The molecule has 0 spiro atoms.